The first-order valence-corrected chi connectivity index (χ1v) is 20.7. The molecule has 0 aliphatic carbocycles. The molecule has 0 spiro atoms. The monoisotopic (exact) mass is 744 g/mol. The normalized spacial score (nSPS) is 14.1. The van der Waals surface area contributed by atoms with Gasteiger partial charge in [-0.3, -0.25) is 0 Å². The van der Waals surface area contributed by atoms with Crippen LogP contribution in [0.5, 0.6) is 0 Å². The third-order valence-corrected chi connectivity index (χ3v) is 10.0. The molecule has 0 amide bonds. The molecule has 1 saturated heterocycles. The molecule has 0 atom stereocenters. The van der Waals surface area contributed by atoms with Crippen molar-refractivity contribution in [3.05, 3.63) is 99.7 Å². The molecule has 0 aromatic heterocycles. The summed E-state index contributed by atoms with van der Waals surface area (Å²) in [6.45, 7) is 17.5. The second kappa shape index (κ2) is 14.4. The van der Waals surface area contributed by atoms with Crippen LogP contribution in [0.3, 0.4) is 0 Å². The van der Waals surface area contributed by atoms with Crippen LogP contribution in [0.2, 0.25) is 0 Å². The molecule has 238 valence electrons. The van der Waals surface area contributed by atoms with Crippen molar-refractivity contribution in [2.45, 2.75) is 54.3 Å². The summed E-state index contributed by atoms with van der Waals surface area (Å²) in [5.74, 6) is 0. The number of aryl methyl sites for hydroxylation is 6. The maximum Gasteiger partial charge on any atom is 0.0146 e. The Kier molecular flexibility index (Phi) is 11.9. The van der Waals surface area contributed by atoms with E-state index < -0.39 is 35.3 Å². The molecule has 3 aromatic carbocycles. The molecule has 3 aromatic rings. The van der Waals surface area contributed by atoms with Gasteiger partial charge in [0.05, 0.1) is 0 Å². The Bertz CT molecular complexity index is 1480. The summed E-state index contributed by atoms with van der Waals surface area (Å²) in [5.41, 5.74) is 10.4. The SMILES string of the molecule is CS(=O)(=O)N([CH]=[Ru]([Cl])[Cl])Cc1ccc(C(F)(F)F)cc1.Cc1cc(C)c(N2[CH-]N(c3c(C)cc(C)cc3C)CC2)c(C)c1. The van der Waals surface area contributed by atoms with Gasteiger partial charge >= 0.3 is 128 Å². The van der Waals surface area contributed by atoms with Crippen molar-refractivity contribution in [1.29, 1.82) is 0 Å². The molecule has 1 fully saturated rings. The van der Waals surface area contributed by atoms with Crippen LogP contribution in [0.1, 0.15) is 44.5 Å². The molecule has 0 unspecified atom stereocenters. The Labute approximate surface area is 266 Å². The van der Waals surface area contributed by atoms with Gasteiger partial charge in [0.25, 0.3) is 0 Å². The fraction of sp³-hybridized carbons (Fsp3) is 0.355. The van der Waals surface area contributed by atoms with E-state index in [-0.39, 0.29) is 6.54 Å². The van der Waals surface area contributed by atoms with Crippen LogP contribution in [0.4, 0.5) is 24.5 Å². The van der Waals surface area contributed by atoms with E-state index in [4.69, 9.17) is 19.4 Å². The van der Waals surface area contributed by atoms with Crippen molar-refractivity contribution in [3.63, 3.8) is 0 Å². The molecule has 0 radical (unpaired) electrons. The van der Waals surface area contributed by atoms with Crippen molar-refractivity contribution in [1.82, 2.24) is 4.31 Å². The van der Waals surface area contributed by atoms with E-state index in [0.717, 1.165) is 35.8 Å². The first-order valence-electron chi connectivity index (χ1n) is 13.4. The van der Waals surface area contributed by atoms with E-state index in [1.807, 2.05) is 0 Å². The fourth-order valence-corrected chi connectivity index (χ4v) is 9.33. The zero-order valence-electron chi connectivity index (χ0n) is 25.2. The molecular weight excluding hydrogens is 707 g/mol. The Morgan fingerprint density at radius 3 is 1.56 bits per heavy atom. The minimum atomic E-state index is -4.42. The maximum atomic E-state index is 12.4. The molecule has 5 nitrogen and oxygen atoms in total. The molecular formula is C31H37Cl2F3N3O2RuS-. The van der Waals surface area contributed by atoms with Crippen LogP contribution in [0.15, 0.2) is 48.5 Å². The third kappa shape index (κ3) is 9.76. The Morgan fingerprint density at radius 1 is 0.837 bits per heavy atom. The van der Waals surface area contributed by atoms with Crippen LogP contribution < -0.4 is 9.80 Å². The van der Waals surface area contributed by atoms with Gasteiger partial charge in [-0.1, -0.05) is 35.4 Å². The quantitative estimate of drug-likeness (QED) is 0.189. The van der Waals surface area contributed by atoms with Crippen molar-refractivity contribution in [2.24, 2.45) is 0 Å². The van der Waals surface area contributed by atoms with Gasteiger partial charge in [-0.25, -0.2) is 0 Å². The van der Waals surface area contributed by atoms with Crippen LogP contribution in [0, 0.1) is 48.2 Å². The van der Waals surface area contributed by atoms with Gasteiger partial charge in [0, 0.05) is 24.5 Å². The third-order valence-electron chi connectivity index (χ3n) is 6.92. The van der Waals surface area contributed by atoms with Gasteiger partial charge in [-0.15, -0.1) is 0 Å². The van der Waals surface area contributed by atoms with Crippen molar-refractivity contribution in [3.8, 4) is 0 Å². The molecule has 0 N–H and O–H groups in total. The maximum absolute atomic E-state index is 12.4. The molecule has 43 heavy (non-hydrogen) atoms. The largest absolute Gasteiger partial charge is 0.502 e. The summed E-state index contributed by atoms with van der Waals surface area (Å²) in [6, 6.07) is 13.3. The number of halogens is 5. The molecule has 0 bridgehead atoms. The van der Waals surface area contributed by atoms with Gasteiger partial charge in [0.1, 0.15) is 0 Å². The van der Waals surface area contributed by atoms with Crippen LogP contribution in [-0.4, -0.2) is 36.8 Å². The number of benzene rings is 3. The number of alkyl halides is 3. The summed E-state index contributed by atoms with van der Waals surface area (Å²) in [4.78, 5) is 4.81. The molecule has 1 aliphatic heterocycles. The summed E-state index contributed by atoms with van der Waals surface area (Å²) in [5, 5.41) is 0. The van der Waals surface area contributed by atoms with Gasteiger partial charge < -0.3 is 9.80 Å². The van der Waals surface area contributed by atoms with Crippen molar-refractivity contribution in [2.75, 3.05) is 29.1 Å². The van der Waals surface area contributed by atoms with E-state index in [1.165, 1.54) is 61.6 Å². The summed E-state index contributed by atoms with van der Waals surface area (Å²) in [7, 11) is 7.68. The van der Waals surface area contributed by atoms with E-state index >= 15 is 0 Å². The molecule has 12 heteroatoms. The number of hydrogen-bond donors (Lipinski definition) is 0. The van der Waals surface area contributed by atoms with Crippen molar-refractivity contribution >= 4 is 45.5 Å². The van der Waals surface area contributed by atoms with Gasteiger partial charge in [0.2, 0.25) is 0 Å². The van der Waals surface area contributed by atoms with Crippen molar-refractivity contribution < 1.29 is 35.1 Å². The minimum Gasteiger partial charge on any atom is -0.502 e. The average Bonchev–Trinajstić information content (AvgIpc) is 3.30. The summed E-state index contributed by atoms with van der Waals surface area (Å²) < 4.78 is 62.4. The molecule has 0 saturated carbocycles. The average molecular weight is 745 g/mol. The Morgan fingerprint density at radius 2 is 1.23 bits per heavy atom. The fourth-order valence-electron chi connectivity index (χ4n) is 5.36. The van der Waals surface area contributed by atoms with E-state index in [9.17, 15) is 21.6 Å². The predicted molar refractivity (Wildman–Crippen MR) is 170 cm³/mol. The Balaban J connectivity index is 0.000000238. The number of anilines is 2. The van der Waals surface area contributed by atoms with E-state index in [2.05, 4.69) is 82.3 Å². The molecule has 4 rings (SSSR count). The number of nitrogens with zero attached hydrogens (tertiary/aromatic N) is 3. The zero-order valence-corrected chi connectivity index (χ0v) is 29.3. The number of rotatable bonds is 6. The van der Waals surface area contributed by atoms with Crippen LogP contribution >= 0.6 is 19.4 Å². The number of sulfonamides is 1. The second-order valence-electron chi connectivity index (χ2n) is 10.8. The first kappa shape index (κ1) is 35.5. The van der Waals surface area contributed by atoms with E-state index in [0.29, 0.717) is 5.56 Å². The predicted octanol–water partition coefficient (Wildman–Crippen LogP) is 8.14. The molecule has 1 heterocycles. The van der Waals surface area contributed by atoms with Crippen LogP contribution in [0.25, 0.3) is 0 Å². The summed E-state index contributed by atoms with van der Waals surface area (Å²) in [6.07, 6.45) is -3.45. The Hall–Kier alpha value is -1.97. The van der Waals surface area contributed by atoms with Gasteiger partial charge in [-0.05, 0) is 63.8 Å². The standard InChI is InChI=1S/C21H27N2.C10H10F3NO2S.2ClH.Ru/c1-14-9-16(3)20(17(4)10-14)22-7-8-23(13-22)21-18(5)11-15(2)12-19(21)6;1-14(17(2,15)16)7-8-3-5-9(6-4-8)10(11,12)13;;;/h9-13H,7-8H2,1-6H3;1,3-6H,7H2,2H3;2*1H;/q-1;;;;+2/p-2. The second-order valence-corrected chi connectivity index (χ2v) is 18.4. The topological polar surface area (TPSA) is 43.9 Å². The van der Waals surface area contributed by atoms with E-state index in [1.54, 1.807) is 0 Å². The zero-order chi connectivity index (χ0) is 32.3. The summed E-state index contributed by atoms with van der Waals surface area (Å²) >= 11 is -2.36. The van der Waals surface area contributed by atoms with Gasteiger partial charge in [0.15, 0.2) is 0 Å². The minimum absolute atomic E-state index is 0.110. The first-order chi connectivity index (χ1) is 19.9. The molecule has 1 aliphatic rings. The number of hydrogen-bond acceptors (Lipinski definition) is 4. The smallest absolute Gasteiger partial charge is 0.0146 e. The van der Waals surface area contributed by atoms with Gasteiger partial charge in [-0.2, -0.15) is 6.67 Å². The van der Waals surface area contributed by atoms with Crippen LogP contribution in [-0.2, 0) is 36.3 Å².